The van der Waals surface area contributed by atoms with E-state index in [9.17, 15) is 9.18 Å². The number of nitrogens with one attached hydrogen (secondary N) is 1. The standard InChI is InChI=1S/C15H11ClFN5O/c16-14-6-10(17)3-4-13(14)15(23)19-7-11-9-22(21-20-11)12-2-1-5-18-8-12/h1-6,8-9H,7H2,(H,19,23). The summed E-state index contributed by atoms with van der Waals surface area (Å²) in [7, 11) is 0. The molecule has 23 heavy (non-hydrogen) atoms. The minimum absolute atomic E-state index is 0.0570. The van der Waals surface area contributed by atoms with Crippen molar-refractivity contribution in [2.45, 2.75) is 6.54 Å². The van der Waals surface area contributed by atoms with Gasteiger partial charge in [-0.3, -0.25) is 9.78 Å². The molecular formula is C15H11ClFN5O. The molecule has 116 valence electrons. The minimum Gasteiger partial charge on any atom is -0.346 e. The summed E-state index contributed by atoms with van der Waals surface area (Å²) < 4.78 is 14.5. The van der Waals surface area contributed by atoms with Crippen molar-refractivity contribution in [3.63, 3.8) is 0 Å². The highest BCUT2D eigenvalue weighted by Gasteiger charge is 2.12. The van der Waals surface area contributed by atoms with Crippen molar-refractivity contribution < 1.29 is 9.18 Å². The summed E-state index contributed by atoms with van der Waals surface area (Å²) in [6.45, 7) is 0.173. The van der Waals surface area contributed by atoms with E-state index in [-0.39, 0.29) is 17.1 Å². The third kappa shape index (κ3) is 3.51. The molecule has 1 N–H and O–H groups in total. The summed E-state index contributed by atoms with van der Waals surface area (Å²) in [6.07, 6.45) is 4.99. The van der Waals surface area contributed by atoms with Crippen molar-refractivity contribution in [2.75, 3.05) is 0 Å². The van der Waals surface area contributed by atoms with Gasteiger partial charge in [-0.05, 0) is 30.3 Å². The number of nitrogens with zero attached hydrogens (tertiary/aromatic N) is 4. The number of carbonyl (C=O) groups is 1. The smallest absolute Gasteiger partial charge is 0.253 e. The molecule has 3 aromatic rings. The summed E-state index contributed by atoms with van der Waals surface area (Å²) in [5.74, 6) is -0.906. The maximum absolute atomic E-state index is 13.0. The van der Waals surface area contributed by atoms with Gasteiger partial charge in [-0.25, -0.2) is 9.07 Å². The Kier molecular flexibility index (Phi) is 4.29. The molecule has 0 fully saturated rings. The van der Waals surface area contributed by atoms with E-state index in [1.165, 1.54) is 12.1 Å². The maximum Gasteiger partial charge on any atom is 0.253 e. The number of benzene rings is 1. The van der Waals surface area contributed by atoms with Crippen LogP contribution in [-0.4, -0.2) is 25.9 Å². The van der Waals surface area contributed by atoms with E-state index in [4.69, 9.17) is 11.6 Å². The Balaban J connectivity index is 1.67. The highest BCUT2D eigenvalue weighted by molar-refractivity contribution is 6.33. The Hall–Kier alpha value is -2.80. The Morgan fingerprint density at radius 1 is 1.35 bits per heavy atom. The van der Waals surface area contributed by atoms with Gasteiger partial charge in [0.2, 0.25) is 0 Å². The average molecular weight is 332 g/mol. The topological polar surface area (TPSA) is 72.7 Å². The van der Waals surface area contributed by atoms with Crippen molar-refractivity contribution in [1.29, 1.82) is 0 Å². The fraction of sp³-hybridized carbons (Fsp3) is 0.0667. The van der Waals surface area contributed by atoms with E-state index in [1.807, 2.05) is 6.07 Å². The molecule has 3 rings (SSSR count). The molecule has 2 heterocycles. The minimum atomic E-state index is -0.494. The van der Waals surface area contributed by atoms with Gasteiger partial charge in [-0.1, -0.05) is 16.8 Å². The van der Waals surface area contributed by atoms with Crippen LogP contribution >= 0.6 is 11.6 Å². The van der Waals surface area contributed by atoms with Crippen LogP contribution in [0.2, 0.25) is 5.02 Å². The molecule has 0 spiro atoms. The van der Waals surface area contributed by atoms with Gasteiger partial charge in [-0.2, -0.15) is 0 Å². The van der Waals surface area contributed by atoms with E-state index < -0.39 is 11.7 Å². The van der Waals surface area contributed by atoms with E-state index in [2.05, 4.69) is 20.6 Å². The lowest BCUT2D eigenvalue weighted by molar-refractivity contribution is 0.0950. The highest BCUT2D eigenvalue weighted by Crippen LogP contribution is 2.17. The first-order chi connectivity index (χ1) is 11.1. The quantitative estimate of drug-likeness (QED) is 0.796. The zero-order valence-corrected chi connectivity index (χ0v) is 12.5. The van der Waals surface area contributed by atoms with Gasteiger partial charge in [0.25, 0.3) is 5.91 Å². The molecule has 8 heteroatoms. The lowest BCUT2D eigenvalue weighted by atomic mass is 10.2. The summed E-state index contributed by atoms with van der Waals surface area (Å²) in [6, 6.07) is 7.23. The maximum atomic E-state index is 13.0. The van der Waals surface area contributed by atoms with Gasteiger partial charge in [0, 0.05) is 6.20 Å². The first-order valence-corrected chi connectivity index (χ1v) is 7.06. The summed E-state index contributed by atoms with van der Waals surface area (Å²) >= 11 is 5.85. The lowest BCUT2D eigenvalue weighted by Gasteiger charge is -2.05. The molecule has 2 aromatic heterocycles. The SMILES string of the molecule is O=C(NCc1cn(-c2cccnc2)nn1)c1ccc(F)cc1Cl. The summed E-state index contributed by atoms with van der Waals surface area (Å²) in [5.41, 5.74) is 1.53. The molecule has 0 radical (unpaired) electrons. The van der Waals surface area contributed by atoms with Crippen LogP contribution in [-0.2, 0) is 6.54 Å². The Labute approximate surface area is 135 Å². The second kappa shape index (κ2) is 6.53. The number of amides is 1. The van der Waals surface area contributed by atoms with Gasteiger partial charge < -0.3 is 5.32 Å². The predicted octanol–water partition coefficient (Wildman–Crippen LogP) is 2.38. The number of rotatable bonds is 4. The van der Waals surface area contributed by atoms with E-state index in [1.54, 1.807) is 29.3 Å². The summed E-state index contributed by atoms with van der Waals surface area (Å²) in [5, 5.41) is 10.7. The number of hydrogen-bond acceptors (Lipinski definition) is 4. The van der Waals surface area contributed by atoms with Crippen LogP contribution < -0.4 is 5.32 Å². The molecule has 1 aromatic carbocycles. The highest BCUT2D eigenvalue weighted by atomic mass is 35.5. The van der Waals surface area contributed by atoms with Crippen LogP contribution in [0.5, 0.6) is 0 Å². The summed E-state index contributed by atoms with van der Waals surface area (Å²) in [4.78, 5) is 16.0. The predicted molar refractivity (Wildman–Crippen MR) is 81.7 cm³/mol. The van der Waals surface area contributed by atoms with Crippen molar-refractivity contribution in [3.05, 3.63) is 71.0 Å². The molecule has 0 atom stereocenters. The van der Waals surface area contributed by atoms with Crippen molar-refractivity contribution in [1.82, 2.24) is 25.3 Å². The van der Waals surface area contributed by atoms with Gasteiger partial charge in [-0.15, -0.1) is 5.10 Å². The fourth-order valence-corrected chi connectivity index (χ4v) is 2.19. The Bertz CT molecular complexity index is 837. The van der Waals surface area contributed by atoms with Crippen molar-refractivity contribution in [2.24, 2.45) is 0 Å². The van der Waals surface area contributed by atoms with E-state index >= 15 is 0 Å². The average Bonchev–Trinajstić information content (AvgIpc) is 3.02. The van der Waals surface area contributed by atoms with Crippen LogP contribution in [0.3, 0.4) is 0 Å². The molecule has 0 bridgehead atoms. The lowest BCUT2D eigenvalue weighted by Crippen LogP contribution is -2.23. The van der Waals surface area contributed by atoms with Crippen LogP contribution in [0.15, 0.2) is 48.9 Å². The van der Waals surface area contributed by atoms with Gasteiger partial charge >= 0.3 is 0 Å². The first-order valence-electron chi connectivity index (χ1n) is 6.68. The molecule has 6 nitrogen and oxygen atoms in total. The molecule has 0 aliphatic heterocycles. The van der Waals surface area contributed by atoms with Crippen molar-refractivity contribution >= 4 is 17.5 Å². The largest absolute Gasteiger partial charge is 0.346 e. The normalized spacial score (nSPS) is 10.5. The van der Waals surface area contributed by atoms with Gasteiger partial charge in [0.1, 0.15) is 11.5 Å². The second-order valence-corrected chi connectivity index (χ2v) is 5.08. The monoisotopic (exact) mass is 331 g/mol. The Morgan fingerprint density at radius 2 is 2.22 bits per heavy atom. The second-order valence-electron chi connectivity index (χ2n) is 4.67. The number of pyridine rings is 1. The third-order valence-electron chi connectivity index (χ3n) is 3.06. The van der Waals surface area contributed by atoms with Crippen LogP contribution in [0, 0.1) is 5.82 Å². The first kappa shape index (κ1) is 15.1. The number of halogens is 2. The number of aromatic nitrogens is 4. The van der Waals surface area contributed by atoms with E-state index in [0.717, 1.165) is 11.8 Å². The zero-order chi connectivity index (χ0) is 16.2. The molecule has 0 saturated carbocycles. The van der Waals surface area contributed by atoms with Gasteiger partial charge in [0.15, 0.2) is 0 Å². The van der Waals surface area contributed by atoms with Crippen LogP contribution in [0.25, 0.3) is 5.69 Å². The molecule has 0 aliphatic carbocycles. The van der Waals surface area contributed by atoms with Crippen LogP contribution in [0.1, 0.15) is 16.1 Å². The molecule has 0 unspecified atom stereocenters. The van der Waals surface area contributed by atoms with E-state index in [0.29, 0.717) is 5.69 Å². The molecule has 0 aliphatic rings. The molecule has 0 saturated heterocycles. The van der Waals surface area contributed by atoms with Crippen molar-refractivity contribution in [3.8, 4) is 5.69 Å². The molecule has 1 amide bonds. The molecular weight excluding hydrogens is 321 g/mol. The third-order valence-corrected chi connectivity index (χ3v) is 3.37. The Morgan fingerprint density at radius 3 is 2.96 bits per heavy atom. The number of carbonyl (C=O) groups excluding carboxylic acids is 1. The van der Waals surface area contributed by atoms with Gasteiger partial charge in [0.05, 0.1) is 35.2 Å². The van der Waals surface area contributed by atoms with Crippen LogP contribution in [0.4, 0.5) is 4.39 Å². The number of hydrogen-bond donors (Lipinski definition) is 1. The zero-order valence-electron chi connectivity index (χ0n) is 11.8. The fourth-order valence-electron chi connectivity index (χ4n) is 1.93.